The third kappa shape index (κ3) is 10.2. The standard InChI is InChI=1S/C18H31N5O9/c1-7(2)13(22-15(28)9(19)6-11(20)25)16(29)23-14(8(3)24)17(30)21-10(18(31)32)4-5-12(26)27/h7-10,13-14,24H,4-6,19H2,1-3H3,(H2,20,25)(H,21,30)(H,22,28)(H,23,29)(H,26,27)(H,31,32). The van der Waals surface area contributed by atoms with Crippen LogP contribution < -0.4 is 27.4 Å². The van der Waals surface area contributed by atoms with E-state index in [1.54, 1.807) is 13.8 Å². The van der Waals surface area contributed by atoms with Gasteiger partial charge in [0.2, 0.25) is 23.6 Å². The minimum absolute atomic E-state index is 0.417. The molecule has 0 aromatic heterocycles. The summed E-state index contributed by atoms with van der Waals surface area (Å²) < 4.78 is 0. The first kappa shape index (κ1) is 28.7. The predicted molar refractivity (Wildman–Crippen MR) is 109 cm³/mol. The number of nitrogens with one attached hydrogen (secondary N) is 3. The van der Waals surface area contributed by atoms with E-state index >= 15 is 0 Å². The zero-order chi connectivity index (χ0) is 25.2. The average Bonchev–Trinajstić information content (AvgIpc) is 2.65. The van der Waals surface area contributed by atoms with Gasteiger partial charge in [-0.1, -0.05) is 13.8 Å². The van der Waals surface area contributed by atoms with Crippen molar-refractivity contribution in [2.45, 2.75) is 70.3 Å². The Kier molecular flexibility index (Phi) is 11.9. The first-order valence-electron chi connectivity index (χ1n) is 9.75. The summed E-state index contributed by atoms with van der Waals surface area (Å²) in [6.07, 6.45) is -2.87. The van der Waals surface area contributed by atoms with E-state index in [1.807, 2.05) is 0 Å². The lowest BCUT2D eigenvalue weighted by molar-refractivity contribution is -0.144. The van der Waals surface area contributed by atoms with E-state index in [1.165, 1.54) is 6.92 Å². The highest BCUT2D eigenvalue weighted by Crippen LogP contribution is 2.06. The molecule has 0 aliphatic rings. The molecule has 32 heavy (non-hydrogen) atoms. The van der Waals surface area contributed by atoms with E-state index in [9.17, 15) is 33.9 Å². The first-order valence-corrected chi connectivity index (χ1v) is 9.75. The molecule has 0 rings (SSSR count). The van der Waals surface area contributed by atoms with Crippen LogP contribution in [0, 0.1) is 5.92 Å². The number of aliphatic carboxylic acids is 2. The molecule has 0 radical (unpaired) electrons. The van der Waals surface area contributed by atoms with Crippen LogP contribution in [0.2, 0.25) is 0 Å². The minimum atomic E-state index is -1.60. The van der Waals surface area contributed by atoms with E-state index in [0.29, 0.717) is 0 Å². The number of primary amides is 1. The number of aliphatic hydroxyl groups is 1. The summed E-state index contributed by atoms with van der Waals surface area (Å²) in [6, 6.07) is -5.68. The lowest BCUT2D eigenvalue weighted by Gasteiger charge is -2.28. The third-order valence-corrected chi connectivity index (χ3v) is 4.33. The summed E-state index contributed by atoms with van der Waals surface area (Å²) >= 11 is 0. The van der Waals surface area contributed by atoms with Gasteiger partial charge in [0.05, 0.1) is 18.6 Å². The Balaban J connectivity index is 5.36. The number of carboxylic acids is 2. The van der Waals surface area contributed by atoms with Crippen LogP contribution in [-0.2, 0) is 28.8 Å². The Morgan fingerprint density at radius 1 is 0.844 bits per heavy atom. The number of carbonyl (C=O) groups is 6. The number of carboxylic acid groups (broad SMARTS) is 2. The number of hydrogen-bond donors (Lipinski definition) is 8. The van der Waals surface area contributed by atoms with Crippen LogP contribution in [0.4, 0.5) is 0 Å². The van der Waals surface area contributed by atoms with Gasteiger partial charge in [-0.15, -0.1) is 0 Å². The molecule has 0 saturated heterocycles. The summed E-state index contributed by atoms with van der Waals surface area (Å²) in [6.45, 7) is 4.32. The Bertz CT molecular complexity index is 726. The fourth-order valence-electron chi connectivity index (χ4n) is 2.54. The molecule has 14 heteroatoms. The Hall–Kier alpha value is -3.26. The molecule has 0 fully saturated rings. The van der Waals surface area contributed by atoms with Crippen LogP contribution in [0.5, 0.6) is 0 Å². The highest BCUT2D eigenvalue weighted by molar-refractivity contribution is 5.95. The van der Waals surface area contributed by atoms with Crippen LogP contribution >= 0.6 is 0 Å². The molecule has 182 valence electrons. The smallest absolute Gasteiger partial charge is 0.326 e. The summed E-state index contributed by atoms with van der Waals surface area (Å²) in [5.41, 5.74) is 10.5. The maximum atomic E-state index is 12.7. The van der Waals surface area contributed by atoms with Crippen molar-refractivity contribution in [3.05, 3.63) is 0 Å². The fourth-order valence-corrected chi connectivity index (χ4v) is 2.54. The highest BCUT2D eigenvalue weighted by atomic mass is 16.4. The summed E-state index contributed by atoms with van der Waals surface area (Å²) in [7, 11) is 0. The second-order valence-corrected chi connectivity index (χ2v) is 7.57. The number of rotatable bonds is 14. The van der Waals surface area contributed by atoms with Gasteiger partial charge in [-0.05, 0) is 19.3 Å². The van der Waals surface area contributed by atoms with Gasteiger partial charge in [0.1, 0.15) is 18.1 Å². The monoisotopic (exact) mass is 461 g/mol. The molecular formula is C18H31N5O9. The maximum absolute atomic E-state index is 12.7. The average molecular weight is 461 g/mol. The lowest BCUT2D eigenvalue weighted by atomic mass is 10.0. The van der Waals surface area contributed by atoms with E-state index in [-0.39, 0.29) is 0 Å². The molecule has 0 aliphatic heterocycles. The highest BCUT2D eigenvalue weighted by Gasteiger charge is 2.34. The van der Waals surface area contributed by atoms with Crippen molar-refractivity contribution in [3.63, 3.8) is 0 Å². The molecule has 0 aliphatic carbocycles. The van der Waals surface area contributed by atoms with Crippen molar-refractivity contribution < 1.29 is 44.1 Å². The lowest BCUT2D eigenvalue weighted by Crippen LogP contribution is -2.60. The molecule has 5 atom stereocenters. The van der Waals surface area contributed by atoms with E-state index in [2.05, 4.69) is 16.0 Å². The summed E-state index contributed by atoms with van der Waals surface area (Å²) in [4.78, 5) is 70.1. The molecule has 0 saturated carbocycles. The van der Waals surface area contributed by atoms with Crippen molar-refractivity contribution in [2.75, 3.05) is 0 Å². The molecule has 0 heterocycles. The van der Waals surface area contributed by atoms with Gasteiger partial charge in [0.15, 0.2) is 0 Å². The summed E-state index contributed by atoms with van der Waals surface area (Å²) in [5, 5.41) is 34.4. The molecule has 0 aromatic carbocycles. The molecule has 14 nitrogen and oxygen atoms in total. The van der Waals surface area contributed by atoms with Crippen molar-refractivity contribution in [2.24, 2.45) is 17.4 Å². The Morgan fingerprint density at radius 3 is 1.75 bits per heavy atom. The number of aliphatic hydroxyl groups excluding tert-OH is 1. The molecule has 0 aromatic rings. The van der Waals surface area contributed by atoms with Gasteiger partial charge in [-0.2, -0.15) is 0 Å². The molecule has 10 N–H and O–H groups in total. The van der Waals surface area contributed by atoms with Crippen LogP contribution in [0.3, 0.4) is 0 Å². The van der Waals surface area contributed by atoms with Crippen LogP contribution in [-0.4, -0.2) is 81.2 Å². The normalized spacial score (nSPS) is 15.6. The van der Waals surface area contributed by atoms with Crippen molar-refractivity contribution >= 4 is 35.6 Å². The van der Waals surface area contributed by atoms with Gasteiger partial charge < -0.3 is 42.7 Å². The SMILES string of the molecule is CC(C)C(NC(=O)C(N)CC(N)=O)C(=O)NC(C(=O)NC(CCC(=O)O)C(=O)O)C(C)O. The van der Waals surface area contributed by atoms with Gasteiger partial charge in [0.25, 0.3) is 0 Å². The van der Waals surface area contributed by atoms with E-state index in [0.717, 1.165) is 0 Å². The molecule has 0 spiro atoms. The number of nitrogens with two attached hydrogens (primary N) is 2. The fraction of sp³-hybridized carbons (Fsp3) is 0.667. The second-order valence-electron chi connectivity index (χ2n) is 7.57. The largest absolute Gasteiger partial charge is 0.481 e. The van der Waals surface area contributed by atoms with Crippen molar-refractivity contribution in [1.82, 2.24) is 16.0 Å². The molecule has 5 unspecified atom stereocenters. The van der Waals surface area contributed by atoms with Gasteiger partial charge in [-0.3, -0.25) is 24.0 Å². The zero-order valence-corrected chi connectivity index (χ0v) is 18.0. The molecule has 0 bridgehead atoms. The predicted octanol–water partition coefficient (Wildman–Crippen LogP) is -3.37. The number of amides is 4. The van der Waals surface area contributed by atoms with Gasteiger partial charge >= 0.3 is 11.9 Å². The topological polar surface area (TPSA) is 251 Å². The minimum Gasteiger partial charge on any atom is -0.481 e. The molecular weight excluding hydrogens is 430 g/mol. The quantitative estimate of drug-likeness (QED) is 0.127. The van der Waals surface area contributed by atoms with Crippen molar-refractivity contribution in [1.29, 1.82) is 0 Å². The van der Waals surface area contributed by atoms with Crippen molar-refractivity contribution in [3.8, 4) is 0 Å². The van der Waals surface area contributed by atoms with Crippen LogP contribution in [0.1, 0.15) is 40.0 Å². The van der Waals surface area contributed by atoms with E-state index < -0.39 is 91.0 Å². The third-order valence-electron chi connectivity index (χ3n) is 4.33. The number of hydrogen-bond acceptors (Lipinski definition) is 8. The zero-order valence-electron chi connectivity index (χ0n) is 18.0. The number of carbonyl (C=O) groups excluding carboxylic acids is 4. The Labute approximate surface area is 184 Å². The second kappa shape index (κ2) is 13.2. The van der Waals surface area contributed by atoms with Gasteiger partial charge in [-0.25, -0.2) is 4.79 Å². The first-order chi connectivity index (χ1) is 14.7. The maximum Gasteiger partial charge on any atom is 0.326 e. The Morgan fingerprint density at radius 2 is 1.34 bits per heavy atom. The van der Waals surface area contributed by atoms with E-state index in [4.69, 9.17) is 21.7 Å². The summed E-state index contributed by atoms with van der Waals surface area (Å²) in [5.74, 6) is -6.86. The molecule has 4 amide bonds. The van der Waals surface area contributed by atoms with Crippen LogP contribution in [0.25, 0.3) is 0 Å². The van der Waals surface area contributed by atoms with Crippen LogP contribution in [0.15, 0.2) is 0 Å². The van der Waals surface area contributed by atoms with Gasteiger partial charge in [0, 0.05) is 6.42 Å².